The fraction of sp³-hybridized carbons (Fsp3) is 0.294. The summed E-state index contributed by atoms with van der Waals surface area (Å²) in [5.74, 6) is 0. The molecule has 0 saturated carbocycles. The molecule has 0 aromatic heterocycles. The van der Waals surface area contributed by atoms with E-state index in [0.29, 0.717) is 0 Å². The van der Waals surface area contributed by atoms with Gasteiger partial charge in [0, 0.05) is 5.41 Å². The van der Waals surface area contributed by atoms with Crippen molar-refractivity contribution in [1.29, 1.82) is 0 Å². The zero-order valence-corrected chi connectivity index (χ0v) is 10.4. The summed E-state index contributed by atoms with van der Waals surface area (Å²) < 4.78 is 0. The van der Waals surface area contributed by atoms with Gasteiger partial charge in [-0.2, -0.15) is 0 Å². The lowest BCUT2D eigenvalue weighted by molar-refractivity contribution is 0.490. The molecule has 2 aromatic carbocycles. The van der Waals surface area contributed by atoms with E-state index < -0.39 is 0 Å². The molecule has 0 spiro atoms. The molecule has 84 valence electrons. The lowest BCUT2D eigenvalue weighted by atomic mass is 9.74. The summed E-state index contributed by atoms with van der Waals surface area (Å²) >= 11 is 0. The molecule has 1 aliphatic rings. The summed E-state index contributed by atoms with van der Waals surface area (Å²) in [7, 11) is 0. The Labute approximate surface area is 103 Å². The third-order valence-corrected chi connectivity index (χ3v) is 4.18. The van der Waals surface area contributed by atoms with Crippen molar-refractivity contribution in [3.05, 3.63) is 59.7 Å². The summed E-state index contributed by atoms with van der Waals surface area (Å²) in [6.07, 6.45) is 2.25. The first-order chi connectivity index (χ1) is 8.33. The van der Waals surface area contributed by atoms with Gasteiger partial charge in [-0.3, -0.25) is 0 Å². The molecule has 0 N–H and O–H groups in total. The Morgan fingerprint density at radius 1 is 1.00 bits per heavy atom. The van der Waals surface area contributed by atoms with Gasteiger partial charge in [0.05, 0.1) is 0 Å². The van der Waals surface area contributed by atoms with Gasteiger partial charge in [0.25, 0.3) is 0 Å². The average molecular weight is 220 g/mol. The Morgan fingerprint density at radius 3 is 2.47 bits per heavy atom. The van der Waals surface area contributed by atoms with Crippen LogP contribution in [-0.2, 0) is 5.41 Å². The minimum atomic E-state index is 0.156. The average Bonchev–Trinajstić information content (AvgIpc) is 2.70. The quantitative estimate of drug-likeness (QED) is 0.704. The van der Waals surface area contributed by atoms with Crippen LogP contribution in [0.4, 0.5) is 0 Å². The van der Waals surface area contributed by atoms with E-state index in [1.54, 1.807) is 0 Å². The molecule has 0 nitrogen and oxygen atoms in total. The third-order valence-electron chi connectivity index (χ3n) is 4.18. The molecule has 1 aliphatic carbocycles. The van der Waals surface area contributed by atoms with Crippen LogP contribution in [0.15, 0.2) is 36.4 Å². The first-order valence-electron chi connectivity index (χ1n) is 6.36. The topological polar surface area (TPSA) is 0 Å². The molecule has 0 unspecified atom stereocenters. The number of rotatable bonds is 2. The van der Waals surface area contributed by atoms with Gasteiger partial charge < -0.3 is 0 Å². The van der Waals surface area contributed by atoms with Crippen molar-refractivity contribution in [3.63, 3.8) is 0 Å². The van der Waals surface area contributed by atoms with Crippen molar-refractivity contribution in [2.24, 2.45) is 0 Å². The summed E-state index contributed by atoms with van der Waals surface area (Å²) in [5.41, 5.74) is 5.56. The molecule has 0 saturated heterocycles. The van der Waals surface area contributed by atoms with E-state index in [-0.39, 0.29) is 5.41 Å². The Kier molecular flexibility index (Phi) is 2.32. The molecule has 17 heavy (non-hydrogen) atoms. The molecule has 0 fully saturated rings. The monoisotopic (exact) mass is 220 g/mol. The Bertz CT molecular complexity index is 500. The van der Waals surface area contributed by atoms with Gasteiger partial charge in [0.2, 0.25) is 0 Å². The lowest BCUT2D eigenvalue weighted by Crippen LogP contribution is -2.22. The van der Waals surface area contributed by atoms with Crippen LogP contribution in [0.1, 0.15) is 37.8 Å². The molecule has 0 heterocycles. The second kappa shape index (κ2) is 3.73. The normalized spacial score (nSPS) is 15.4. The molecular formula is C17H16. The van der Waals surface area contributed by atoms with Crippen molar-refractivity contribution >= 4 is 0 Å². The molecule has 0 heteroatoms. The van der Waals surface area contributed by atoms with Crippen molar-refractivity contribution in [1.82, 2.24) is 0 Å². The highest BCUT2D eigenvalue weighted by Crippen LogP contribution is 2.51. The first kappa shape index (κ1) is 10.6. The predicted octanol–water partition coefficient (Wildman–Crippen LogP) is 4.37. The van der Waals surface area contributed by atoms with Crippen LogP contribution >= 0.6 is 0 Å². The van der Waals surface area contributed by atoms with Gasteiger partial charge in [-0.25, -0.2) is 0 Å². The Balaban J connectivity index is 2.38. The van der Waals surface area contributed by atoms with Crippen molar-refractivity contribution < 1.29 is 0 Å². The first-order valence-corrected chi connectivity index (χ1v) is 6.36. The van der Waals surface area contributed by atoms with Crippen molar-refractivity contribution in [2.75, 3.05) is 0 Å². The van der Waals surface area contributed by atoms with E-state index in [0.717, 1.165) is 12.8 Å². The molecule has 2 radical (unpaired) electrons. The molecule has 0 aliphatic heterocycles. The fourth-order valence-corrected chi connectivity index (χ4v) is 3.22. The Hall–Kier alpha value is -1.56. The minimum Gasteiger partial charge on any atom is -0.0642 e. The third kappa shape index (κ3) is 1.24. The van der Waals surface area contributed by atoms with E-state index in [1.807, 2.05) is 12.1 Å². The lowest BCUT2D eigenvalue weighted by Gasteiger charge is -2.29. The van der Waals surface area contributed by atoms with Gasteiger partial charge >= 0.3 is 0 Å². The highest BCUT2D eigenvalue weighted by Gasteiger charge is 2.39. The van der Waals surface area contributed by atoms with E-state index in [9.17, 15) is 0 Å². The summed E-state index contributed by atoms with van der Waals surface area (Å²) in [5, 5.41) is 0. The fourth-order valence-electron chi connectivity index (χ4n) is 3.22. The van der Waals surface area contributed by atoms with Crippen LogP contribution in [0.5, 0.6) is 0 Å². The van der Waals surface area contributed by atoms with Crippen molar-refractivity contribution in [3.8, 4) is 11.1 Å². The molecular weight excluding hydrogens is 204 g/mol. The highest BCUT2D eigenvalue weighted by molar-refractivity contribution is 5.80. The van der Waals surface area contributed by atoms with Gasteiger partial charge in [-0.05, 0) is 47.2 Å². The zero-order valence-electron chi connectivity index (χ0n) is 10.4. The van der Waals surface area contributed by atoms with Gasteiger partial charge in [-0.15, -0.1) is 0 Å². The van der Waals surface area contributed by atoms with Gasteiger partial charge in [0.1, 0.15) is 0 Å². The van der Waals surface area contributed by atoms with Crippen LogP contribution in [0.2, 0.25) is 0 Å². The standard InChI is InChI=1S/C17H16/c1-3-17(4-2)15-11-7-5-9-13(15)14-10-6-8-12-16(14)17/h5-9,12H,3-4H2,1-2H3. The van der Waals surface area contributed by atoms with Crippen LogP contribution in [0.3, 0.4) is 0 Å². The maximum Gasteiger partial charge on any atom is 0.0216 e. The minimum absolute atomic E-state index is 0.156. The van der Waals surface area contributed by atoms with Crippen LogP contribution in [-0.4, -0.2) is 0 Å². The van der Waals surface area contributed by atoms with Crippen LogP contribution in [0.25, 0.3) is 11.1 Å². The van der Waals surface area contributed by atoms with Crippen molar-refractivity contribution in [2.45, 2.75) is 32.1 Å². The van der Waals surface area contributed by atoms with Crippen LogP contribution in [0, 0.1) is 12.1 Å². The SMILES string of the molecule is CCC1(CC)c2[c]cccc2-c2[c]cccc21. The van der Waals surface area contributed by atoms with E-state index in [2.05, 4.69) is 50.2 Å². The largest absolute Gasteiger partial charge is 0.0642 e. The van der Waals surface area contributed by atoms with E-state index in [1.165, 1.54) is 22.3 Å². The highest BCUT2D eigenvalue weighted by atomic mass is 14.4. The Morgan fingerprint density at radius 2 is 1.71 bits per heavy atom. The molecule has 0 amide bonds. The zero-order chi connectivity index (χ0) is 11.9. The number of hydrogen-bond acceptors (Lipinski definition) is 0. The maximum atomic E-state index is 3.47. The summed E-state index contributed by atoms with van der Waals surface area (Å²) in [4.78, 5) is 0. The van der Waals surface area contributed by atoms with Crippen LogP contribution < -0.4 is 0 Å². The summed E-state index contributed by atoms with van der Waals surface area (Å²) in [6.45, 7) is 4.55. The smallest absolute Gasteiger partial charge is 0.0216 e. The number of fused-ring (bicyclic) bond motifs is 3. The van der Waals surface area contributed by atoms with Gasteiger partial charge in [0.15, 0.2) is 0 Å². The molecule has 3 rings (SSSR count). The van der Waals surface area contributed by atoms with E-state index in [4.69, 9.17) is 0 Å². The molecule has 0 bridgehead atoms. The summed E-state index contributed by atoms with van der Waals surface area (Å²) in [6, 6.07) is 19.6. The second-order valence-electron chi connectivity index (χ2n) is 4.71. The number of hydrogen-bond donors (Lipinski definition) is 0. The maximum absolute atomic E-state index is 3.47. The van der Waals surface area contributed by atoms with Gasteiger partial charge in [-0.1, -0.05) is 50.2 Å². The second-order valence-corrected chi connectivity index (χ2v) is 4.71. The molecule has 0 atom stereocenters. The van der Waals surface area contributed by atoms with E-state index >= 15 is 0 Å². The predicted molar refractivity (Wildman–Crippen MR) is 70.9 cm³/mol. The number of benzene rings is 2. The molecule has 2 aromatic rings.